The van der Waals surface area contributed by atoms with Crippen molar-refractivity contribution >= 4 is 11.9 Å². The van der Waals surface area contributed by atoms with Gasteiger partial charge in [0.05, 0.1) is 12.7 Å². The van der Waals surface area contributed by atoms with Gasteiger partial charge < -0.3 is 9.73 Å². The third kappa shape index (κ3) is 2.67. The van der Waals surface area contributed by atoms with Gasteiger partial charge in [0.1, 0.15) is 11.3 Å². The highest BCUT2D eigenvalue weighted by molar-refractivity contribution is 6.07. The normalized spacial score (nSPS) is 24.2. The van der Waals surface area contributed by atoms with E-state index in [0.29, 0.717) is 25.4 Å². The van der Waals surface area contributed by atoms with E-state index >= 15 is 0 Å². The average molecular weight is 326 g/mol. The lowest BCUT2D eigenvalue weighted by Gasteiger charge is -2.37. The second-order valence-electron chi connectivity index (χ2n) is 6.30. The third-order valence-electron chi connectivity index (χ3n) is 4.54. The molecular formula is C17H18N4O3. The molecule has 2 aliphatic heterocycles. The fourth-order valence-electron chi connectivity index (χ4n) is 3.41. The lowest BCUT2D eigenvalue weighted by molar-refractivity contribution is -0.126. The number of carbonyl (C=O) groups excluding carboxylic acids is 2. The highest BCUT2D eigenvalue weighted by Crippen LogP contribution is 2.26. The lowest BCUT2D eigenvalue weighted by atomic mass is 9.89. The first kappa shape index (κ1) is 14.9. The molecule has 0 radical (unpaired) electrons. The Morgan fingerprint density at radius 2 is 2.08 bits per heavy atom. The molecule has 1 aromatic heterocycles. The van der Waals surface area contributed by atoms with Gasteiger partial charge in [-0.2, -0.15) is 0 Å². The number of nitrogens with zero attached hydrogens (tertiary/aromatic N) is 2. The van der Waals surface area contributed by atoms with Gasteiger partial charge in [-0.15, -0.1) is 0 Å². The Morgan fingerprint density at radius 3 is 2.83 bits per heavy atom. The van der Waals surface area contributed by atoms with Crippen LogP contribution in [0.3, 0.4) is 0 Å². The van der Waals surface area contributed by atoms with Crippen molar-refractivity contribution < 1.29 is 14.0 Å². The fourth-order valence-corrected chi connectivity index (χ4v) is 3.41. The summed E-state index contributed by atoms with van der Waals surface area (Å²) in [6, 6.07) is 9.31. The first-order valence-electron chi connectivity index (χ1n) is 8.01. The molecular weight excluding hydrogens is 308 g/mol. The van der Waals surface area contributed by atoms with Crippen molar-refractivity contribution in [3.8, 4) is 11.5 Å². The first-order chi connectivity index (χ1) is 11.6. The molecule has 1 atom stereocenters. The van der Waals surface area contributed by atoms with E-state index in [1.165, 1.54) is 0 Å². The van der Waals surface area contributed by atoms with E-state index < -0.39 is 11.6 Å². The molecule has 2 N–H and O–H groups in total. The molecule has 1 aromatic carbocycles. The summed E-state index contributed by atoms with van der Waals surface area (Å²) in [6.45, 7) is 1.89. The van der Waals surface area contributed by atoms with Gasteiger partial charge in [-0.1, -0.05) is 18.2 Å². The summed E-state index contributed by atoms with van der Waals surface area (Å²) >= 11 is 0. The molecule has 1 spiro atoms. The maximum Gasteiger partial charge on any atom is 0.322 e. The largest absolute Gasteiger partial charge is 0.440 e. The number of oxazole rings is 1. The lowest BCUT2D eigenvalue weighted by Crippen LogP contribution is -2.58. The molecule has 24 heavy (non-hydrogen) atoms. The van der Waals surface area contributed by atoms with Gasteiger partial charge in [0.25, 0.3) is 5.91 Å². The molecule has 124 valence electrons. The molecule has 2 fully saturated rings. The quantitative estimate of drug-likeness (QED) is 0.835. The number of nitrogens with one attached hydrogen (secondary N) is 2. The number of rotatable bonds is 3. The van der Waals surface area contributed by atoms with Crippen molar-refractivity contribution in [3.63, 3.8) is 0 Å². The zero-order valence-electron chi connectivity index (χ0n) is 13.1. The van der Waals surface area contributed by atoms with Crippen LogP contribution in [0.4, 0.5) is 4.79 Å². The zero-order chi connectivity index (χ0) is 16.6. The van der Waals surface area contributed by atoms with Gasteiger partial charge in [-0.05, 0) is 31.5 Å². The zero-order valence-corrected chi connectivity index (χ0v) is 13.1. The van der Waals surface area contributed by atoms with Crippen molar-refractivity contribution in [1.29, 1.82) is 0 Å². The van der Waals surface area contributed by atoms with Crippen LogP contribution in [0.25, 0.3) is 11.5 Å². The maximum absolute atomic E-state index is 12.1. The van der Waals surface area contributed by atoms with Gasteiger partial charge in [0.15, 0.2) is 0 Å². The van der Waals surface area contributed by atoms with Crippen molar-refractivity contribution in [3.05, 3.63) is 42.3 Å². The number of amides is 3. The Labute approximate surface area is 139 Å². The summed E-state index contributed by atoms with van der Waals surface area (Å²) in [5.74, 6) is 1.10. The standard InChI is InChI=1S/C17H18N4O3/c22-15-17(20-16(23)19-15)7-4-8-21(11-17)10-13-9-18-14(24-13)12-5-2-1-3-6-12/h1-3,5-6,9H,4,7-8,10-11H2,(H2,19,20,22,23). The van der Waals surface area contributed by atoms with Crippen LogP contribution in [0.5, 0.6) is 0 Å². The van der Waals surface area contributed by atoms with E-state index in [0.717, 1.165) is 24.3 Å². The van der Waals surface area contributed by atoms with E-state index in [1.807, 2.05) is 30.3 Å². The van der Waals surface area contributed by atoms with Crippen LogP contribution in [0.15, 0.2) is 40.9 Å². The number of urea groups is 1. The number of carbonyl (C=O) groups is 2. The molecule has 7 nitrogen and oxygen atoms in total. The van der Waals surface area contributed by atoms with Crippen LogP contribution in [-0.2, 0) is 11.3 Å². The summed E-state index contributed by atoms with van der Waals surface area (Å²) in [7, 11) is 0. The molecule has 1 unspecified atom stereocenters. The number of likely N-dealkylation sites (tertiary alicyclic amines) is 1. The number of piperidine rings is 1. The number of imide groups is 1. The maximum atomic E-state index is 12.1. The van der Waals surface area contributed by atoms with E-state index in [9.17, 15) is 9.59 Å². The van der Waals surface area contributed by atoms with Crippen molar-refractivity contribution in [2.24, 2.45) is 0 Å². The molecule has 2 aliphatic rings. The van der Waals surface area contributed by atoms with E-state index in [2.05, 4.69) is 20.5 Å². The number of hydrogen-bond acceptors (Lipinski definition) is 5. The van der Waals surface area contributed by atoms with Gasteiger partial charge in [0, 0.05) is 12.1 Å². The van der Waals surface area contributed by atoms with Crippen LogP contribution >= 0.6 is 0 Å². The molecule has 2 saturated heterocycles. The Bertz CT molecular complexity index is 773. The fraction of sp³-hybridized carbons (Fsp3) is 0.353. The average Bonchev–Trinajstić information content (AvgIpc) is 3.14. The van der Waals surface area contributed by atoms with Crippen LogP contribution < -0.4 is 10.6 Å². The number of hydrogen-bond donors (Lipinski definition) is 2. The van der Waals surface area contributed by atoms with E-state index in [4.69, 9.17) is 4.42 Å². The Balaban J connectivity index is 1.47. The number of aromatic nitrogens is 1. The smallest absolute Gasteiger partial charge is 0.322 e. The Hall–Kier alpha value is -2.67. The summed E-state index contributed by atoms with van der Waals surface area (Å²) < 4.78 is 5.83. The van der Waals surface area contributed by atoms with Gasteiger partial charge in [-0.25, -0.2) is 9.78 Å². The summed E-state index contributed by atoms with van der Waals surface area (Å²) in [6.07, 6.45) is 3.22. The first-order valence-corrected chi connectivity index (χ1v) is 8.01. The highest BCUT2D eigenvalue weighted by atomic mass is 16.4. The predicted octanol–water partition coefficient (Wildman–Crippen LogP) is 1.52. The second kappa shape index (κ2) is 5.76. The summed E-state index contributed by atoms with van der Waals surface area (Å²) in [5.41, 5.74) is 0.124. The topological polar surface area (TPSA) is 87.5 Å². The Morgan fingerprint density at radius 1 is 1.25 bits per heavy atom. The summed E-state index contributed by atoms with van der Waals surface area (Å²) in [4.78, 5) is 30.0. The predicted molar refractivity (Wildman–Crippen MR) is 85.9 cm³/mol. The molecule has 2 aromatic rings. The molecule has 3 amide bonds. The minimum absolute atomic E-state index is 0.236. The van der Waals surface area contributed by atoms with Crippen LogP contribution in [-0.4, -0.2) is 40.5 Å². The number of benzene rings is 1. The van der Waals surface area contributed by atoms with Crippen molar-refractivity contribution in [2.75, 3.05) is 13.1 Å². The van der Waals surface area contributed by atoms with Gasteiger partial charge >= 0.3 is 6.03 Å². The monoisotopic (exact) mass is 326 g/mol. The SMILES string of the molecule is O=C1NC(=O)C2(CCCN(Cc3cnc(-c4ccccc4)o3)C2)N1. The van der Waals surface area contributed by atoms with E-state index in [1.54, 1.807) is 6.20 Å². The second-order valence-corrected chi connectivity index (χ2v) is 6.30. The minimum Gasteiger partial charge on any atom is -0.440 e. The molecule has 0 aliphatic carbocycles. The van der Waals surface area contributed by atoms with E-state index in [-0.39, 0.29) is 5.91 Å². The summed E-state index contributed by atoms with van der Waals surface area (Å²) in [5, 5.41) is 5.11. The molecule has 0 saturated carbocycles. The van der Waals surface area contributed by atoms with Crippen LogP contribution in [0, 0.1) is 0 Å². The van der Waals surface area contributed by atoms with Gasteiger partial charge in [0.2, 0.25) is 5.89 Å². The molecule has 7 heteroatoms. The molecule has 3 heterocycles. The molecule has 0 bridgehead atoms. The van der Waals surface area contributed by atoms with Crippen molar-refractivity contribution in [1.82, 2.24) is 20.5 Å². The minimum atomic E-state index is -0.808. The van der Waals surface area contributed by atoms with Gasteiger partial charge in [-0.3, -0.25) is 15.0 Å². The molecule has 4 rings (SSSR count). The Kier molecular flexibility index (Phi) is 3.57. The highest BCUT2D eigenvalue weighted by Gasteiger charge is 2.48. The van der Waals surface area contributed by atoms with Crippen LogP contribution in [0.2, 0.25) is 0 Å². The van der Waals surface area contributed by atoms with Crippen molar-refractivity contribution in [2.45, 2.75) is 24.9 Å². The third-order valence-corrected chi connectivity index (χ3v) is 4.54. The van der Waals surface area contributed by atoms with Crippen LogP contribution in [0.1, 0.15) is 18.6 Å².